The average molecular weight is 357 g/mol. The Bertz CT molecular complexity index is 457. The smallest absolute Gasteiger partial charge is 0.408 e. The summed E-state index contributed by atoms with van der Waals surface area (Å²) in [6.07, 6.45) is 4.85. The summed E-state index contributed by atoms with van der Waals surface area (Å²) >= 11 is 0. The van der Waals surface area contributed by atoms with Crippen molar-refractivity contribution in [3.8, 4) is 0 Å². The number of alkyl carbamates (subject to hydrolysis) is 1. The summed E-state index contributed by atoms with van der Waals surface area (Å²) in [5.41, 5.74) is -0.575. The van der Waals surface area contributed by atoms with Gasteiger partial charge in [0.25, 0.3) is 0 Å². The second kappa shape index (κ2) is 10.3. The summed E-state index contributed by atoms with van der Waals surface area (Å²) < 4.78 is 15.2. The Labute approximate surface area is 149 Å². The Morgan fingerprint density at radius 3 is 2.48 bits per heavy atom. The number of ether oxygens (including phenoxy) is 3. The molecule has 0 aromatic heterocycles. The minimum absolute atomic E-state index is 0.192. The van der Waals surface area contributed by atoms with Crippen molar-refractivity contribution in [2.75, 3.05) is 7.11 Å². The number of rotatable bonds is 9. The molecule has 1 fully saturated rings. The molecular weight excluding hydrogens is 326 g/mol. The number of hydrogen-bond donors (Lipinski definition) is 1. The summed E-state index contributed by atoms with van der Waals surface area (Å²) in [6, 6.07) is -0.248. The summed E-state index contributed by atoms with van der Waals surface area (Å²) in [5, 5.41) is 2.84. The van der Waals surface area contributed by atoms with Gasteiger partial charge in [-0.05, 0) is 40.0 Å². The average Bonchev–Trinajstić information content (AvgIpc) is 2.93. The van der Waals surface area contributed by atoms with Crippen molar-refractivity contribution in [1.82, 2.24) is 5.32 Å². The zero-order valence-corrected chi connectivity index (χ0v) is 15.8. The Kier molecular flexibility index (Phi) is 8.72. The van der Waals surface area contributed by atoms with Gasteiger partial charge in [0.2, 0.25) is 0 Å². The number of carbonyl (C=O) groups excluding carboxylic acids is 3. The van der Waals surface area contributed by atoms with Gasteiger partial charge in [0.15, 0.2) is 0 Å². The van der Waals surface area contributed by atoms with Crippen molar-refractivity contribution in [3.05, 3.63) is 0 Å². The minimum Gasteiger partial charge on any atom is -0.469 e. The van der Waals surface area contributed by atoms with Crippen LogP contribution in [0.15, 0.2) is 0 Å². The second-order valence-electron chi connectivity index (χ2n) is 7.35. The van der Waals surface area contributed by atoms with Crippen LogP contribution in [0.1, 0.15) is 72.1 Å². The van der Waals surface area contributed by atoms with Crippen LogP contribution in [0.25, 0.3) is 0 Å². The highest BCUT2D eigenvalue weighted by Crippen LogP contribution is 2.21. The van der Waals surface area contributed by atoms with Gasteiger partial charge in [-0.2, -0.15) is 0 Å². The van der Waals surface area contributed by atoms with Gasteiger partial charge < -0.3 is 19.5 Å². The lowest BCUT2D eigenvalue weighted by Crippen LogP contribution is -2.45. The molecule has 0 aromatic carbocycles. The molecule has 7 heteroatoms. The molecule has 1 N–H and O–H groups in total. The number of unbranched alkanes of at least 4 members (excludes halogenated alkanes) is 3. The molecule has 1 saturated heterocycles. The van der Waals surface area contributed by atoms with Gasteiger partial charge in [-0.25, -0.2) is 4.79 Å². The predicted molar refractivity (Wildman–Crippen MR) is 92.0 cm³/mol. The fraction of sp³-hybridized carbons (Fsp3) is 0.833. The molecule has 25 heavy (non-hydrogen) atoms. The number of hydrogen-bond acceptors (Lipinski definition) is 6. The van der Waals surface area contributed by atoms with Gasteiger partial charge in [0, 0.05) is 12.8 Å². The first-order chi connectivity index (χ1) is 11.7. The van der Waals surface area contributed by atoms with E-state index in [1.54, 1.807) is 20.8 Å². The van der Waals surface area contributed by atoms with E-state index >= 15 is 0 Å². The van der Waals surface area contributed by atoms with Crippen molar-refractivity contribution in [2.45, 2.75) is 89.9 Å². The minimum atomic E-state index is -0.575. The molecular formula is C18H31NO6. The quantitative estimate of drug-likeness (QED) is 0.387. The zero-order chi connectivity index (χ0) is 18.9. The van der Waals surface area contributed by atoms with Crippen molar-refractivity contribution >= 4 is 18.0 Å². The number of methoxy groups -OCH3 is 1. The highest BCUT2D eigenvalue weighted by Gasteiger charge is 2.32. The van der Waals surface area contributed by atoms with Crippen LogP contribution in [0.4, 0.5) is 4.79 Å². The van der Waals surface area contributed by atoms with E-state index in [9.17, 15) is 14.4 Å². The highest BCUT2D eigenvalue weighted by molar-refractivity contribution is 5.72. The van der Waals surface area contributed by atoms with E-state index in [1.807, 2.05) is 0 Å². The van der Waals surface area contributed by atoms with Crippen molar-refractivity contribution < 1.29 is 28.6 Å². The normalized spacial score (nSPS) is 18.4. The van der Waals surface area contributed by atoms with Gasteiger partial charge in [0.05, 0.1) is 13.2 Å². The van der Waals surface area contributed by atoms with Crippen LogP contribution in [-0.2, 0) is 23.8 Å². The third-order valence-corrected chi connectivity index (χ3v) is 3.94. The van der Waals surface area contributed by atoms with Crippen LogP contribution < -0.4 is 5.32 Å². The van der Waals surface area contributed by atoms with E-state index in [2.05, 4.69) is 10.1 Å². The van der Waals surface area contributed by atoms with E-state index in [1.165, 1.54) is 7.11 Å². The van der Waals surface area contributed by atoms with E-state index in [0.717, 1.165) is 25.7 Å². The van der Waals surface area contributed by atoms with Gasteiger partial charge in [0.1, 0.15) is 11.7 Å². The Morgan fingerprint density at radius 2 is 1.92 bits per heavy atom. The number of esters is 2. The van der Waals surface area contributed by atoms with Gasteiger partial charge in [-0.15, -0.1) is 0 Å². The molecule has 1 aliphatic heterocycles. The molecule has 1 aliphatic rings. The highest BCUT2D eigenvalue weighted by atomic mass is 16.6. The number of carbonyl (C=O) groups is 3. The lowest BCUT2D eigenvalue weighted by atomic mass is 10.0. The maximum Gasteiger partial charge on any atom is 0.408 e. The first-order valence-corrected chi connectivity index (χ1v) is 8.97. The van der Waals surface area contributed by atoms with Gasteiger partial charge >= 0.3 is 18.0 Å². The molecule has 1 heterocycles. The van der Waals surface area contributed by atoms with E-state index in [-0.39, 0.29) is 24.1 Å². The molecule has 0 spiro atoms. The largest absolute Gasteiger partial charge is 0.469 e. The topological polar surface area (TPSA) is 90.9 Å². The predicted octanol–water partition coefficient (Wildman–Crippen LogP) is 3.10. The van der Waals surface area contributed by atoms with Crippen LogP contribution in [0, 0.1) is 0 Å². The Hall–Kier alpha value is -1.79. The van der Waals surface area contributed by atoms with Crippen LogP contribution in [0.2, 0.25) is 0 Å². The van der Waals surface area contributed by atoms with Gasteiger partial charge in [-0.3, -0.25) is 9.59 Å². The molecule has 2 atom stereocenters. The SMILES string of the molecule is COC(=O)CCCCCC[C@H](NC(=O)OC(C)(C)C)[C@H]1CCC(=O)O1. The molecule has 0 aliphatic carbocycles. The Morgan fingerprint density at radius 1 is 1.24 bits per heavy atom. The Balaban J connectivity index is 2.39. The molecule has 1 amide bonds. The summed E-state index contributed by atoms with van der Waals surface area (Å²) in [7, 11) is 1.39. The van der Waals surface area contributed by atoms with Crippen LogP contribution >= 0.6 is 0 Å². The first kappa shape index (κ1) is 21.3. The van der Waals surface area contributed by atoms with Crippen molar-refractivity contribution in [2.24, 2.45) is 0 Å². The fourth-order valence-corrected chi connectivity index (χ4v) is 2.73. The summed E-state index contributed by atoms with van der Waals surface area (Å²) in [4.78, 5) is 34.5. The summed E-state index contributed by atoms with van der Waals surface area (Å²) in [6.45, 7) is 5.41. The first-order valence-electron chi connectivity index (χ1n) is 8.97. The lowest BCUT2D eigenvalue weighted by molar-refractivity contribution is -0.142. The van der Waals surface area contributed by atoms with Crippen LogP contribution in [-0.4, -0.2) is 42.9 Å². The molecule has 0 unspecified atom stereocenters. The monoisotopic (exact) mass is 357 g/mol. The fourth-order valence-electron chi connectivity index (χ4n) is 2.73. The van der Waals surface area contributed by atoms with E-state index < -0.39 is 11.7 Å². The standard InChI is InChI=1S/C18H31NO6/c1-18(2,3)25-17(22)19-13(14-11-12-16(21)24-14)9-7-5-6-8-10-15(20)23-4/h13-14H,5-12H2,1-4H3,(H,19,22)/t13-,14+/m0/s1. The van der Waals surface area contributed by atoms with E-state index in [0.29, 0.717) is 25.7 Å². The molecule has 7 nitrogen and oxygen atoms in total. The number of nitrogens with one attached hydrogen (secondary N) is 1. The molecule has 0 radical (unpaired) electrons. The molecule has 0 saturated carbocycles. The van der Waals surface area contributed by atoms with Crippen molar-refractivity contribution in [3.63, 3.8) is 0 Å². The van der Waals surface area contributed by atoms with Crippen LogP contribution in [0.3, 0.4) is 0 Å². The molecule has 0 bridgehead atoms. The maximum atomic E-state index is 12.0. The zero-order valence-electron chi connectivity index (χ0n) is 15.8. The third-order valence-electron chi connectivity index (χ3n) is 3.94. The molecule has 144 valence electrons. The number of cyclic esters (lactones) is 1. The molecule has 1 rings (SSSR count). The third kappa shape index (κ3) is 9.31. The lowest BCUT2D eigenvalue weighted by Gasteiger charge is -2.26. The molecule has 0 aromatic rings. The van der Waals surface area contributed by atoms with Crippen LogP contribution in [0.5, 0.6) is 0 Å². The number of amides is 1. The van der Waals surface area contributed by atoms with Crippen molar-refractivity contribution in [1.29, 1.82) is 0 Å². The summed E-state index contributed by atoms with van der Waals surface area (Å²) in [5.74, 6) is -0.415. The van der Waals surface area contributed by atoms with Gasteiger partial charge in [-0.1, -0.05) is 19.3 Å². The second-order valence-corrected chi connectivity index (χ2v) is 7.35. The van der Waals surface area contributed by atoms with E-state index in [4.69, 9.17) is 9.47 Å². The maximum absolute atomic E-state index is 12.0.